The van der Waals surface area contributed by atoms with Crippen molar-refractivity contribution in [2.75, 3.05) is 46.0 Å². The van der Waals surface area contributed by atoms with E-state index < -0.39 is 0 Å². The van der Waals surface area contributed by atoms with Gasteiger partial charge < -0.3 is 15.1 Å². The summed E-state index contributed by atoms with van der Waals surface area (Å²) in [6, 6.07) is 8.76. The van der Waals surface area contributed by atoms with Crippen LogP contribution in [0, 0.1) is 0 Å². The van der Waals surface area contributed by atoms with Crippen molar-refractivity contribution >= 4 is 17.7 Å². The highest BCUT2D eigenvalue weighted by Gasteiger charge is 2.18. The lowest BCUT2D eigenvalue weighted by Gasteiger charge is -2.32. The van der Waals surface area contributed by atoms with Crippen LogP contribution >= 0.6 is 11.8 Å². The van der Waals surface area contributed by atoms with Crippen LogP contribution < -0.4 is 5.32 Å². The number of likely N-dealkylation sites (N-methyl/N-ethyl adjacent to an activating group) is 1. The molecule has 1 atom stereocenters. The Morgan fingerprint density at radius 2 is 2.05 bits per heavy atom. The number of benzene rings is 1. The monoisotopic (exact) mass is 307 g/mol. The van der Waals surface area contributed by atoms with Crippen LogP contribution in [0.5, 0.6) is 0 Å². The summed E-state index contributed by atoms with van der Waals surface area (Å²) < 4.78 is 0. The number of hydrogen-bond donors (Lipinski definition) is 1. The number of rotatable bonds is 5. The third-order valence-electron chi connectivity index (χ3n) is 4.01. The fourth-order valence-corrected chi connectivity index (χ4v) is 3.20. The van der Waals surface area contributed by atoms with Crippen LogP contribution in [0.3, 0.4) is 0 Å². The molecule has 5 heteroatoms. The SMILES string of the molecule is CNC(C)c1cccc(SCC(=O)N2CCN(C)CC2)c1. The molecule has 116 valence electrons. The van der Waals surface area contributed by atoms with Gasteiger partial charge in [-0.05, 0) is 38.7 Å². The maximum absolute atomic E-state index is 12.2. The molecule has 4 nitrogen and oxygen atoms in total. The lowest BCUT2D eigenvalue weighted by molar-refractivity contribution is -0.129. The smallest absolute Gasteiger partial charge is 0.233 e. The van der Waals surface area contributed by atoms with E-state index in [0.717, 1.165) is 31.1 Å². The van der Waals surface area contributed by atoms with E-state index >= 15 is 0 Å². The predicted molar refractivity (Wildman–Crippen MR) is 88.7 cm³/mol. The number of piperazine rings is 1. The molecule has 1 aromatic rings. The molecule has 1 unspecified atom stereocenters. The minimum absolute atomic E-state index is 0.250. The summed E-state index contributed by atoms with van der Waals surface area (Å²) in [7, 11) is 4.06. The molecule has 1 amide bonds. The predicted octanol–water partition coefficient (Wildman–Crippen LogP) is 1.83. The molecular weight excluding hydrogens is 282 g/mol. The maximum atomic E-state index is 12.2. The average Bonchev–Trinajstić information content (AvgIpc) is 2.52. The van der Waals surface area contributed by atoms with Crippen LogP contribution in [0.1, 0.15) is 18.5 Å². The Morgan fingerprint density at radius 3 is 2.71 bits per heavy atom. The molecular formula is C16H25N3OS. The molecule has 1 aliphatic heterocycles. The summed E-state index contributed by atoms with van der Waals surface area (Å²) in [5, 5.41) is 3.24. The van der Waals surface area contributed by atoms with Crippen molar-refractivity contribution < 1.29 is 4.79 Å². The van der Waals surface area contributed by atoms with Gasteiger partial charge >= 0.3 is 0 Å². The first-order chi connectivity index (χ1) is 10.1. The molecule has 0 saturated carbocycles. The van der Waals surface area contributed by atoms with Crippen LogP contribution in [-0.4, -0.2) is 61.7 Å². The Bertz CT molecular complexity index is 472. The summed E-state index contributed by atoms with van der Waals surface area (Å²) >= 11 is 1.63. The quantitative estimate of drug-likeness (QED) is 0.842. The van der Waals surface area contributed by atoms with Gasteiger partial charge in [-0.3, -0.25) is 4.79 Å². The first-order valence-electron chi connectivity index (χ1n) is 7.46. The van der Waals surface area contributed by atoms with Gasteiger partial charge in [0.25, 0.3) is 0 Å². The Labute approximate surface area is 131 Å². The number of carbonyl (C=O) groups is 1. The van der Waals surface area contributed by atoms with Crippen molar-refractivity contribution in [1.29, 1.82) is 0 Å². The fraction of sp³-hybridized carbons (Fsp3) is 0.562. The second-order valence-corrected chi connectivity index (χ2v) is 6.60. The van der Waals surface area contributed by atoms with Crippen molar-refractivity contribution in [3.8, 4) is 0 Å². The second kappa shape index (κ2) is 7.82. The summed E-state index contributed by atoms with van der Waals surface area (Å²) in [5.41, 5.74) is 1.26. The van der Waals surface area contributed by atoms with Gasteiger partial charge in [-0.25, -0.2) is 0 Å². The lowest BCUT2D eigenvalue weighted by atomic mass is 10.1. The fourth-order valence-electron chi connectivity index (χ4n) is 2.33. The van der Waals surface area contributed by atoms with E-state index in [1.54, 1.807) is 11.8 Å². The normalized spacial score (nSPS) is 17.8. The summed E-state index contributed by atoms with van der Waals surface area (Å²) in [5.74, 6) is 0.779. The number of hydrogen-bond acceptors (Lipinski definition) is 4. The molecule has 1 saturated heterocycles. The Balaban J connectivity index is 1.86. The molecule has 0 bridgehead atoms. The zero-order chi connectivity index (χ0) is 15.2. The zero-order valence-corrected chi connectivity index (χ0v) is 13.9. The minimum atomic E-state index is 0.250. The van der Waals surface area contributed by atoms with Gasteiger partial charge in [0, 0.05) is 37.1 Å². The van der Waals surface area contributed by atoms with Gasteiger partial charge in [0.05, 0.1) is 5.75 Å². The van der Waals surface area contributed by atoms with Crippen molar-refractivity contribution in [1.82, 2.24) is 15.1 Å². The number of thioether (sulfide) groups is 1. The summed E-state index contributed by atoms with van der Waals surface area (Å²) in [6.07, 6.45) is 0. The molecule has 21 heavy (non-hydrogen) atoms. The van der Waals surface area contributed by atoms with E-state index in [0.29, 0.717) is 11.8 Å². The molecule has 1 aromatic carbocycles. The third kappa shape index (κ3) is 4.73. The van der Waals surface area contributed by atoms with Gasteiger partial charge in [0.1, 0.15) is 0 Å². The molecule has 1 aliphatic rings. The van der Waals surface area contributed by atoms with Crippen molar-refractivity contribution in [3.63, 3.8) is 0 Å². The largest absolute Gasteiger partial charge is 0.339 e. The Morgan fingerprint density at radius 1 is 1.33 bits per heavy atom. The topological polar surface area (TPSA) is 35.6 Å². The Kier molecular flexibility index (Phi) is 6.08. The molecule has 0 spiro atoms. The molecule has 1 fully saturated rings. The highest BCUT2D eigenvalue weighted by Crippen LogP contribution is 2.22. The summed E-state index contributed by atoms with van der Waals surface area (Å²) in [6.45, 7) is 5.80. The number of amides is 1. The maximum Gasteiger partial charge on any atom is 0.233 e. The number of nitrogens with one attached hydrogen (secondary N) is 1. The number of carbonyl (C=O) groups excluding carboxylic acids is 1. The van der Waals surface area contributed by atoms with E-state index in [1.165, 1.54) is 5.56 Å². The van der Waals surface area contributed by atoms with E-state index in [9.17, 15) is 4.79 Å². The molecule has 1 N–H and O–H groups in total. The first-order valence-corrected chi connectivity index (χ1v) is 8.45. The van der Waals surface area contributed by atoms with Crippen LogP contribution in [0.2, 0.25) is 0 Å². The van der Waals surface area contributed by atoms with Crippen LogP contribution in [-0.2, 0) is 4.79 Å². The van der Waals surface area contributed by atoms with Gasteiger partial charge in [0.2, 0.25) is 5.91 Å². The summed E-state index contributed by atoms with van der Waals surface area (Å²) in [4.78, 5) is 17.6. The van der Waals surface area contributed by atoms with E-state index in [2.05, 4.69) is 48.5 Å². The average molecular weight is 307 g/mol. The molecule has 0 aliphatic carbocycles. The molecule has 1 heterocycles. The van der Waals surface area contributed by atoms with Crippen LogP contribution in [0.25, 0.3) is 0 Å². The van der Waals surface area contributed by atoms with E-state index in [4.69, 9.17) is 0 Å². The first kappa shape index (κ1) is 16.3. The van der Waals surface area contributed by atoms with Gasteiger partial charge in [-0.15, -0.1) is 11.8 Å². The van der Waals surface area contributed by atoms with E-state index in [1.807, 2.05) is 11.9 Å². The standard InChI is InChI=1S/C16H25N3OS/c1-13(17-2)14-5-4-6-15(11-14)21-12-16(20)19-9-7-18(3)8-10-19/h4-6,11,13,17H,7-10,12H2,1-3H3. The second-order valence-electron chi connectivity index (χ2n) is 5.56. The highest BCUT2D eigenvalue weighted by molar-refractivity contribution is 8.00. The van der Waals surface area contributed by atoms with Crippen LogP contribution in [0.4, 0.5) is 0 Å². The lowest BCUT2D eigenvalue weighted by Crippen LogP contribution is -2.47. The Hall–Kier alpha value is -1.04. The molecule has 0 aromatic heterocycles. The molecule has 2 rings (SSSR count). The highest BCUT2D eigenvalue weighted by atomic mass is 32.2. The van der Waals surface area contributed by atoms with Crippen molar-refractivity contribution in [2.24, 2.45) is 0 Å². The zero-order valence-electron chi connectivity index (χ0n) is 13.1. The van der Waals surface area contributed by atoms with Gasteiger partial charge in [-0.2, -0.15) is 0 Å². The minimum Gasteiger partial charge on any atom is -0.339 e. The van der Waals surface area contributed by atoms with Gasteiger partial charge in [0.15, 0.2) is 0 Å². The van der Waals surface area contributed by atoms with Gasteiger partial charge in [-0.1, -0.05) is 12.1 Å². The number of nitrogens with zero attached hydrogens (tertiary/aromatic N) is 2. The van der Waals surface area contributed by atoms with E-state index in [-0.39, 0.29) is 5.91 Å². The third-order valence-corrected chi connectivity index (χ3v) is 4.99. The van der Waals surface area contributed by atoms with Crippen LogP contribution in [0.15, 0.2) is 29.2 Å². The van der Waals surface area contributed by atoms with Crippen molar-refractivity contribution in [3.05, 3.63) is 29.8 Å². The van der Waals surface area contributed by atoms with Crippen molar-refractivity contribution in [2.45, 2.75) is 17.9 Å². The molecule has 0 radical (unpaired) electrons.